The monoisotopic (exact) mass is 273 g/mol. The molecule has 0 heterocycles. The van der Waals surface area contributed by atoms with Gasteiger partial charge in [0.15, 0.2) is 0 Å². The Hall–Kier alpha value is -1.85. The molecule has 0 unspecified atom stereocenters. The molecule has 0 bridgehead atoms. The smallest absolute Gasteiger partial charge is 0.423 e. The number of hydrogen-bond acceptors (Lipinski definition) is 3. The van der Waals surface area contributed by atoms with Crippen LogP contribution in [0.25, 0.3) is 0 Å². The van der Waals surface area contributed by atoms with Gasteiger partial charge in [-0.2, -0.15) is 0 Å². The highest BCUT2D eigenvalue weighted by Gasteiger charge is 2.16. The zero-order chi connectivity index (χ0) is 14.5. The average molecular weight is 273 g/mol. The highest BCUT2D eigenvalue weighted by molar-refractivity contribution is 6.59. The molecule has 0 atom stereocenters. The summed E-state index contributed by atoms with van der Waals surface area (Å²) < 4.78 is 13.0. The van der Waals surface area contributed by atoms with Crippen LogP contribution in [0, 0.1) is 5.82 Å². The summed E-state index contributed by atoms with van der Waals surface area (Å²) in [5.74, 6) is -0.268. The second kappa shape index (κ2) is 6.54. The summed E-state index contributed by atoms with van der Waals surface area (Å²) in [5, 5.41) is 18.8. The van der Waals surface area contributed by atoms with Crippen LogP contribution in [-0.2, 0) is 6.54 Å². The lowest BCUT2D eigenvalue weighted by Crippen LogP contribution is -2.35. The molecule has 0 aliphatic rings. The summed E-state index contributed by atoms with van der Waals surface area (Å²) in [4.78, 5) is 2.04. The Morgan fingerprint density at radius 3 is 2.30 bits per heavy atom. The molecular formula is C15H17BFNO2. The molecule has 0 aliphatic heterocycles. The van der Waals surface area contributed by atoms with E-state index in [1.54, 1.807) is 24.3 Å². The SMILES string of the molecule is CCN(Cc1ccccc1B(O)O)c1ccc(F)cc1. The molecule has 5 heteroatoms. The van der Waals surface area contributed by atoms with Crippen molar-refractivity contribution in [2.75, 3.05) is 11.4 Å². The van der Waals surface area contributed by atoms with E-state index < -0.39 is 7.12 Å². The third kappa shape index (κ3) is 3.38. The van der Waals surface area contributed by atoms with E-state index in [-0.39, 0.29) is 5.82 Å². The second-order valence-corrected chi connectivity index (χ2v) is 4.56. The molecule has 104 valence electrons. The number of nitrogens with zero attached hydrogens (tertiary/aromatic N) is 1. The topological polar surface area (TPSA) is 43.7 Å². The summed E-state index contributed by atoms with van der Waals surface area (Å²) in [5.41, 5.74) is 2.23. The van der Waals surface area contributed by atoms with Gasteiger partial charge in [0.2, 0.25) is 0 Å². The van der Waals surface area contributed by atoms with Crippen LogP contribution in [0.5, 0.6) is 0 Å². The molecule has 0 fully saturated rings. The summed E-state index contributed by atoms with van der Waals surface area (Å²) >= 11 is 0. The minimum Gasteiger partial charge on any atom is -0.423 e. The van der Waals surface area contributed by atoms with E-state index in [2.05, 4.69) is 0 Å². The third-order valence-electron chi connectivity index (χ3n) is 3.27. The Balaban J connectivity index is 2.24. The fourth-order valence-corrected chi connectivity index (χ4v) is 2.17. The van der Waals surface area contributed by atoms with Crippen molar-refractivity contribution in [2.45, 2.75) is 13.5 Å². The van der Waals surface area contributed by atoms with Gasteiger partial charge in [0.25, 0.3) is 0 Å². The molecule has 2 N–H and O–H groups in total. The molecule has 0 spiro atoms. The normalized spacial score (nSPS) is 10.4. The lowest BCUT2D eigenvalue weighted by Gasteiger charge is -2.24. The van der Waals surface area contributed by atoms with Gasteiger partial charge in [-0.15, -0.1) is 0 Å². The van der Waals surface area contributed by atoms with E-state index >= 15 is 0 Å². The van der Waals surface area contributed by atoms with Crippen LogP contribution < -0.4 is 10.4 Å². The zero-order valence-electron chi connectivity index (χ0n) is 11.3. The van der Waals surface area contributed by atoms with Crippen LogP contribution >= 0.6 is 0 Å². The second-order valence-electron chi connectivity index (χ2n) is 4.56. The van der Waals surface area contributed by atoms with Crippen molar-refractivity contribution in [2.24, 2.45) is 0 Å². The number of rotatable bonds is 5. The van der Waals surface area contributed by atoms with E-state index in [0.29, 0.717) is 12.0 Å². The van der Waals surface area contributed by atoms with Crippen molar-refractivity contribution in [3.63, 3.8) is 0 Å². The minimum absolute atomic E-state index is 0.268. The predicted octanol–water partition coefficient (Wildman–Crippen LogP) is 1.53. The molecule has 0 amide bonds. The van der Waals surface area contributed by atoms with Crippen molar-refractivity contribution < 1.29 is 14.4 Å². The van der Waals surface area contributed by atoms with Crippen LogP contribution in [0.15, 0.2) is 48.5 Å². The van der Waals surface area contributed by atoms with Gasteiger partial charge in [-0.05, 0) is 42.2 Å². The quantitative estimate of drug-likeness (QED) is 0.812. The molecule has 2 rings (SSSR count). The first kappa shape index (κ1) is 14.6. The summed E-state index contributed by atoms with van der Waals surface area (Å²) in [6, 6.07) is 13.5. The molecule has 2 aromatic rings. The predicted molar refractivity (Wildman–Crippen MR) is 79.4 cm³/mol. The molecule has 0 saturated carbocycles. The van der Waals surface area contributed by atoms with Crippen molar-refractivity contribution >= 4 is 18.3 Å². The average Bonchev–Trinajstić information content (AvgIpc) is 2.46. The number of benzene rings is 2. The standard InChI is InChI=1S/C15H17BFNO2/c1-2-18(14-9-7-13(17)8-10-14)11-12-5-3-4-6-15(12)16(19)20/h3-10,19-20H,2,11H2,1H3. The lowest BCUT2D eigenvalue weighted by atomic mass is 9.77. The Kier molecular flexibility index (Phi) is 4.77. The molecular weight excluding hydrogens is 256 g/mol. The van der Waals surface area contributed by atoms with Crippen molar-refractivity contribution in [3.05, 3.63) is 59.9 Å². The first-order chi connectivity index (χ1) is 9.61. The van der Waals surface area contributed by atoms with Gasteiger partial charge in [-0.3, -0.25) is 0 Å². The Labute approximate surface area is 118 Å². The lowest BCUT2D eigenvalue weighted by molar-refractivity contribution is 0.425. The highest BCUT2D eigenvalue weighted by Crippen LogP contribution is 2.17. The summed E-state index contributed by atoms with van der Waals surface area (Å²) in [6.07, 6.45) is 0. The van der Waals surface area contributed by atoms with E-state index in [0.717, 1.165) is 17.8 Å². The van der Waals surface area contributed by atoms with Gasteiger partial charge < -0.3 is 14.9 Å². The molecule has 3 nitrogen and oxygen atoms in total. The largest absolute Gasteiger partial charge is 0.488 e. The Bertz CT molecular complexity index is 560. The first-order valence-electron chi connectivity index (χ1n) is 6.56. The van der Waals surface area contributed by atoms with Crippen LogP contribution in [0.4, 0.5) is 10.1 Å². The Morgan fingerprint density at radius 1 is 1.05 bits per heavy atom. The zero-order valence-corrected chi connectivity index (χ0v) is 11.3. The summed E-state index contributed by atoms with van der Waals surface area (Å²) in [7, 11) is -1.49. The first-order valence-corrected chi connectivity index (χ1v) is 6.56. The number of halogens is 1. The number of hydrogen-bond donors (Lipinski definition) is 2. The van der Waals surface area contributed by atoms with Gasteiger partial charge in [0.05, 0.1) is 0 Å². The molecule has 20 heavy (non-hydrogen) atoms. The maximum Gasteiger partial charge on any atom is 0.488 e. The van der Waals surface area contributed by atoms with Crippen molar-refractivity contribution in [1.82, 2.24) is 0 Å². The highest BCUT2D eigenvalue weighted by atomic mass is 19.1. The van der Waals surface area contributed by atoms with E-state index in [1.165, 1.54) is 12.1 Å². The third-order valence-corrected chi connectivity index (χ3v) is 3.27. The minimum atomic E-state index is -1.49. The molecule has 0 aromatic heterocycles. The molecule has 2 aromatic carbocycles. The molecule has 0 radical (unpaired) electrons. The van der Waals surface area contributed by atoms with Crippen LogP contribution in [-0.4, -0.2) is 23.7 Å². The van der Waals surface area contributed by atoms with Crippen LogP contribution in [0.3, 0.4) is 0 Å². The maximum absolute atomic E-state index is 13.0. The Morgan fingerprint density at radius 2 is 1.70 bits per heavy atom. The van der Waals surface area contributed by atoms with Gasteiger partial charge >= 0.3 is 7.12 Å². The van der Waals surface area contributed by atoms with Crippen LogP contribution in [0.2, 0.25) is 0 Å². The van der Waals surface area contributed by atoms with Crippen LogP contribution in [0.1, 0.15) is 12.5 Å². The fourth-order valence-electron chi connectivity index (χ4n) is 2.17. The van der Waals surface area contributed by atoms with Gasteiger partial charge in [0, 0.05) is 18.8 Å². The van der Waals surface area contributed by atoms with Crippen molar-refractivity contribution in [1.29, 1.82) is 0 Å². The molecule has 0 saturated heterocycles. The van der Waals surface area contributed by atoms with E-state index in [9.17, 15) is 14.4 Å². The van der Waals surface area contributed by atoms with Gasteiger partial charge in [-0.25, -0.2) is 4.39 Å². The number of anilines is 1. The van der Waals surface area contributed by atoms with E-state index in [4.69, 9.17) is 0 Å². The molecule has 0 aliphatic carbocycles. The van der Waals surface area contributed by atoms with Crippen molar-refractivity contribution in [3.8, 4) is 0 Å². The maximum atomic E-state index is 13.0. The fraction of sp³-hybridized carbons (Fsp3) is 0.200. The van der Waals surface area contributed by atoms with E-state index in [1.807, 2.05) is 24.0 Å². The summed E-state index contributed by atoms with van der Waals surface area (Å²) in [6.45, 7) is 3.28. The van der Waals surface area contributed by atoms with Gasteiger partial charge in [0.1, 0.15) is 5.82 Å². The van der Waals surface area contributed by atoms with Gasteiger partial charge in [-0.1, -0.05) is 24.3 Å².